The van der Waals surface area contributed by atoms with Crippen LogP contribution in [0.4, 0.5) is 0 Å². The van der Waals surface area contributed by atoms with E-state index in [4.69, 9.17) is 4.74 Å². The van der Waals surface area contributed by atoms with Crippen LogP contribution in [-0.2, 0) is 9.53 Å². The minimum absolute atomic E-state index is 0.0561. The molecule has 0 bridgehead atoms. The minimum Gasteiger partial charge on any atom is -0.469 e. The van der Waals surface area contributed by atoms with E-state index < -0.39 is 5.41 Å². The Kier molecular flexibility index (Phi) is 6.57. The lowest BCUT2D eigenvalue weighted by molar-refractivity contribution is -0.142. The Balaban J connectivity index is 1.99. The maximum atomic E-state index is 13.1. The van der Waals surface area contributed by atoms with Crippen LogP contribution >= 0.6 is 11.3 Å². The van der Waals surface area contributed by atoms with Crippen molar-refractivity contribution in [3.05, 3.63) is 70.6 Å². The van der Waals surface area contributed by atoms with Crippen molar-refractivity contribution in [3.8, 4) is 21.6 Å². The van der Waals surface area contributed by atoms with Crippen LogP contribution in [0.2, 0.25) is 0 Å². The molecule has 4 heteroatoms. The van der Waals surface area contributed by atoms with E-state index in [1.807, 2.05) is 19.9 Å². The van der Waals surface area contributed by atoms with Gasteiger partial charge in [0.25, 0.3) is 0 Å². The van der Waals surface area contributed by atoms with Crippen LogP contribution in [0.5, 0.6) is 0 Å². The van der Waals surface area contributed by atoms with E-state index in [1.54, 1.807) is 0 Å². The molecule has 1 heterocycles. The molecular formula is C26H28O3S. The van der Waals surface area contributed by atoms with E-state index in [-0.39, 0.29) is 18.2 Å². The number of aryl methyl sites for hydroxylation is 2. The molecule has 3 aromatic rings. The summed E-state index contributed by atoms with van der Waals surface area (Å²) in [4.78, 5) is 26.6. The van der Waals surface area contributed by atoms with Crippen LogP contribution in [0.15, 0.2) is 54.6 Å². The van der Waals surface area contributed by atoms with E-state index in [9.17, 15) is 9.59 Å². The van der Waals surface area contributed by atoms with Gasteiger partial charge in [-0.1, -0.05) is 73.5 Å². The van der Waals surface area contributed by atoms with Gasteiger partial charge in [-0.25, -0.2) is 0 Å². The molecule has 3 nitrogen and oxygen atoms in total. The summed E-state index contributed by atoms with van der Waals surface area (Å²) in [5.41, 5.74) is 5.22. The molecule has 0 unspecified atom stereocenters. The van der Waals surface area contributed by atoms with Crippen LogP contribution in [0.1, 0.15) is 47.5 Å². The molecule has 0 saturated carbocycles. The van der Waals surface area contributed by atoms with Gasteiger partial charge in [0.15, 0.2) is 5.78 Å². The number of Topliss-reactive ketones (excluding diaryl/α,β-unsaturated/α-hetero) is 1. The molecule has 3 rings (SSSR count). The van der Waals surface area contributed by atoms with E-state index >= 15 is 0 Å². The van der Waals surface area contributed by atoms with Crippen molar-refractivity contribution in [3.63, 3.8) is 0 Å². The van der Waals surface area contributed by atoms with Crippen molar-refractivity contribution in [2.75, 3.05) is 7.11 Å². The second-order valence-corrected chi connectivity index (χ2v) is 9.65. The number of rotatable bonds is 7. The third-order valence-electron chi connectivity index (χ3n) is 5.17. The Morgan fingerprint density at radius 1 is 0.867 bits per heavy atom. The summed E-state index contributed by atoms with van der Waals surface area (Å²) in [6, 6.07) is 18.8. The second-order valence-electron chi connectivity index (χ2n) is 8.60. The minimum atomic E-state index is -0.456. The third kappa shape index (κ3) is 5.25. The summed E-state index contributed by atoms with van der Waals surface area (Å²) < 4.78 is 4.78. The molecule has 0 aliphatic heterocycles. The molecule has 0 atom stereocenters. The smallest absolute Gasteiger partial charge is 0.306 e. The van der Waals surface area contributed by atoms with Crippen LogP contribution < -0.4 is 0 Å². The molecule has 0 spiro atoms. The molecule has 0 aliphatic rings. The van der Waals surface area contributed by atoms with Gasteiger partial charge in [-0.05, 0) is 36.5 Å². The summed E-state index contributed by atoms with van der Waals surface area (Å²) in [7, 11) is 1.38. The number of carbonyl (C=O) groups excluding carboxylic acids is 2. The van der Waals surface area contributed by atoms with E-state index in [1.165, 1.54) is 29.6 Å². The molecule has 0 fully saturated rings. The summed E-state index contributed by atoms with van der Waals surface area (Å²) in [6.45, 7) is 7.99. The largest absolute Gasteiger partial charge is 0.469 e. The Hall–Kier alpha value is -2.72. The molecule has 156 valence electrons. The maximum absolute atomic E-state index is 13.1. The number of methoxy groups -OCH3 is 1. The maximum Gasteiger partial charge on any atom is 0.306 e. The van der Waals surface area contributed by atoms with Gasteiger partial charge >= 0.3 is 5.97 Å². The number of ketones is 1. The molecule has 1 aromatic heterocycles. The quantitative estimate of drug-likeness (QED) is 0.310. The predicted molar refractivity (Wildman–Crippen MR) is 124 cm³/mol. The van der Waals surface area contributed by atoms with Gasteiger partial charge in [0, 0.05) is 16.9 Å². The van der Waals surface area contributed by atoms with Crippen LogP contribution in [0, 0.1) is 19.3 Å². The topological polar surface area (TPSA) is 43.4 Å². The highest BCUT2D eigenvalue weighted by Crippen LogP contribution is 2.41. The van der Waals surface area contributed by atoms with E-state index in [2.05, 4.69) is 62.4 Å². The zero-order valence-electron chi connectivity index (χ0n) is 18.2. The van der Waals surface area contributed by atoms with Gasteiger partial charge in [0.2, 0.25) is 0 Å². The number of esters is 1. The van der Waals surface area contributed by atoms with Crippen LogP contribution in [-0.4, -0.2) is 18.9 Å². The summed E-state index contributed by atoms with van der Waals surface area (Å²) in [5, 5.41) is 0. The fraction of sp³-hybridized carbons (Fsp3) is 0.308. The van der Waals surface area contributed by atoms with Gasteiger partial charge < -0.3 is 4.74 Å². The molecule has 30 heavy (non-hydrogen) atoms. The highest BCUT2D eigenvalue weighted by atomic mass is 32.1. The lowest BCUT2D eigenvalue weighted by atomic mass is 9.83. The van der Waals surface area contributed by atoms with Crippen molar-refractivity contribution >= 4 is 23.1 Å². The SMILES string of the molecule is COC(=O)CC(C)(C)CC(=O)c1cc(-c2ccc(C)cc2)c(-c2ccc(C)cc2)s1. The Labute approximate surface area is 182 Å². The van der Waals surface area contributed by atoms with Gasteiger partial charge in [-0.2, -0.15) is 0 Å². The van der Waals surface area contributed by atoms with E-state index in [0.717, 1.165) is 26.4 Å². The van der Waals surface area contributed by atoms with E-state index in [0.29, 0.717) is 6.42 Å². The highest BCUT2D eigenvalue weighted by molar-refractivity contribution is 7.18. The van der Waals surface area contributed by atoms with Crippen molar-refractivity contribution in [1.29, 1.82) is 0 Å². The van der Waals surface area contributed by atoms with Crippen LogP contribution in [0.3, 0.4) is 0 Å². The van der Waals surface area contributed by atoms with Crippen molar-refractivity contribution in [2.45, 2.75) is 40.5 Å². The number of hydrogen-bond donors (Lipinski definition) is 0. The summed E-state index contributed by atoms with van der Waals surface area (Å²) >= 11 is 1.53. The van der Waals surface area contributed by atoms with Gasteiger partial charge in [-0.3, -0.25) is 9.59 Å². The first-order chi connectivity index (χ1) is 14.2. The standard InChI is InChI=1S/C26H28O3S/c1-17-6-10-19(11-7-17)21-14-23(22(27)15-26(3,4)16-24(28)29-5)30-25(21)20-12-8-18(2)9-13-20/h6-14H,15-16H2,1-5H3. The number of thiophene rings is 1. The van der Waals surface area contributed by atoms with Crippen molar-refractivity contribution in [2.24, 2.45) is 5.41 Å². The Morgan fingerprint density at radius 2 is 1.40 bits per heavy atom. The molecule has 0 amide bonds. The average Bonchev–Trinajstić information content (AvgIpc) is 3.14. The summed E-state index contributed by atoms with van der Waals surface area (Å²) in [6.07, 6.45) is 0.513. The number of carbonyl (C=O) groups is 2. The normalized spacial score (nSPS) is 11.4. The number of ether oxygens (including phenoxy) is 1. The summed E-state index contributed by atoms with van der Waals surface area (Å²) in [5.74, 6) is -0.236. The fourth-order valence-corrected chi connectivity index (χ4v) is 4.57. The lowest BCUT2D eigenvalue weighted by Gasteiger charge is -2.21. The number of benzene rings is 2. The molecule has 0 aliphatic carbocycles. The average molecular weight is 421 g/mol. The zero-order valence-corrected chi connectivity index (χ0v) is 19.1. The molecule has 2 aromatic carbocycles. The van der Waals surface area contributed by atoms with Gasteiger partial charge in [-0.15, -0.1) is 11.3 Å². The zero-order chi connectivity index (χ0) is 21.9. The molecule has 0 saturated heterocycles. The Bertz CT molecular complexity index is 978. The molecule has 0 N–H and O–H groups in total. The molecule has 0 radical (unpaired) electrons. The number of hydrogen-bond acceptors (Lipinski definition) is 4. The first-order valence-electron chi connectivity index (χ1n) is 10.1. The van der Waals surface area contributed by atoms with Gasteiger partial charge in [0.05, 0.1) is 18.4 Å². The first kappa shape index (κ1) is 22.0. The fourth-order valence-electron chi connectivity index (χ4n) is 3.44. The highest BCUT2D eigenvalue weighted by Gasteiger charge is 2.28. The second kappa shape index (κ2) is 8.97. The molecular weight excluding hydrogens is 392 g/mol. The van der Waals surface area contributed by atoms with Crippen molar-refractivity contribution in [1.82, 2.24) is 0 Å². The lowest BCUT2D eigenvalue weighted by Crippen LogP contribution is -2.21. The monoisotopic (exact) mass is 420 g/mol. The van der Waals surface area contributed by atoms with Gasteiger partial charge in [0.1, 0.15) is 0 Å². The Morgan fingerprint density at radius 3 is 1.93 bits per heavy atom. The third-order valence-corrected chi connectivity index (χ3v) is 6.40. The first-order valence-corrected chi connectivity index (χ1v) is 10.9. The van der Waals surface area contributed by atoms with Crippen LogP contribution in [0.25, 0.3) is 21.6 Å². The van der Waals surface area contributed by atoms with Crippen molar-refractivity contribution < 1.29 is 14.3 Å². The predicted octanol–water partition coefficient (Wildman–Crippen LogP) is 6.86.